The highest BCUT2D eigenvalue weighted by molar-refractivity contribution is 5.49. The average Bonchev–Trinajstić information content (AvgIpc) is 2.64. The lowest BCUT2D eigenvalue weighted by Crippen LogP contribution is -2.06. The van der Waals surface area contributed by atoms with Crippen molar-refractivity contribution in [3.05, 3.63) is 44.9 Å². The van der Waals surface area contributed by atoms with Crippen molar-refractivity contribution in [2.45, 2.75) is 20.8 Å². The Labute approximate surface area is 109 Å². The number of rotatable bonds is 2. The van der Waals surface area contributed by atoms with E-state index in [1.807, 2.05) is 6.07 Å². The molecule has 7 heteroatoms. The summed E-state index contributed by atoms with van der Waals surface area (Å²) in [5, 5.41) is 24.2. The first kappa shape index (κ1) is 12.7. The molecule has 0 N–H and O–H groups in total. The molecule has 0 aliphatic heterocycles. The Morgan fingerprint density at radius 2 is 2.05 bits per heavy atom. The van der Waals surface area contributed by atoms with Crippen LogP contribution in [0.25, 0.3) is 5.82 Å². The molecule has 2 aromatic rings. The third kappa shape index (κ3) is 2.04. The van der Waals surface area contributed by atoms with E-state index in [9.17, 15) is 10.1 Å². The minimum atomic E-state index is -0.476. The summed E-state index contributed by atoms with van der Waals surface area (Å²) < 4.78 is 1.35. The maximum atomic E-state index is 11.0. The summed E-state index contributed by atoms with van der Waals surface area (Å²) in [5.41, 5.74) is 1.65. The fourth-order valence-electron chi connectivity index (χ4n) is 1.90. The first-order chi connectivity index (χ1) is 8.95. The molecule has 0 saturated carbocycles. The summed E-state index contributed by atoms with van der Waals surface area (Å²) in [6, 6.07) is 5.35. The molecule has 0 spiro atoms. The van der Waals surface area contributed by atoms with Crippen LogP contribution in [0.3, 0.4) is 0 Å². The zero-order valence-corrected chi connectivity index (χ0v) is 10.7. The summed E-state index contributed by atoms with van der Waals surface area (Å²) in [6.07, 6.45) is 0. The molecule has 0 unspecified atom stereocenters. The smallest absolute Gasteiger partial charge is 0.258 e. The van der Waals surface area contributed by atoms with Crippen LogP contribution in [-0.2, 0) is 0 Å². The number of aromatic nitrogens is 3. The Morgan fingerprint density at radius 1 is 1.37 bits per heavy atom. The van der Waals surface area contributed by atoms with Crippen molar-refractivity contribution in [3.63, 3.8) is 0 Å². The molecule has 19 heavy (non-hydrogen) atoms. The Balaban J connectivity index is 2.74. The van der Waals surface area contributed by atoms with E-state index in [-0.39, 0.29) is 5.69 Å². The Morgan fingerprint density at radius 3 is 2.58 bits per heavy atom. The van der Waals surface area contributed by atoms with Gasteiger partial charge in [-0.25, -0.2) is 9.67 Å². The van der Waals surface area contributed by atoms with Crippen LogP contribution in [0, 0.1) is 42.2 Å². The second-order valence-electron chi connectivity index (χ2n) is 4.12. The SMILES string of the molecule is Cc1ccc(C#N)c(-n2nc(C)c([N+](=O)[O-])c2C)n1. The van der Waals surface area contributed by atoms with Gasteiger partial charge in [-0.2, -0.15) is 10.4 Å². The highest BCUT2D eigenvalue weighted by Gasteiger charge is 2.24. The molecular weight excluding hydrogens is 246 g/mol. The van der Waals surface area contributed by atoms with Gasteiger partial charge in [0.15, 0.2) is 5.82 Å². The Bertz CT molecular complexity index is 712. The standard InChI is InChI=1S/C12H11N5O2/c1-7-4-5-10(6-13)12(14-7)16-9(3)11(17(18)19)8(2)15-16/h4-5H,1-3H3. The molecular formula is C12H11N5O2. The molecule has 0 atom stereocenters. The van der Waals surface area contributed by atoms with E-state index < -0.39 is 4.92 Å². The summed E-state index contributed by atoms with van der Waals surface area (Å²) in [5.74, 6) is 0.316. The van der Waals surface area contributed by atoms with Crippen LogP contribution in [0.2, 0.25) is 0 Å². The van der Waals surface area contributed by atoms with E-state index in [4.69, 9.17) is 5.26 Å². The average molecular weight is 257 g/mol. The lowest BCUT2D eigenvalue weighted by molar-refractivity contribution is -0.386. The van der Waals surface area contributed by atoms with Gasteiger partial charge in [0.2, 0.25) is 0 Å². The number of nitrogens with zero attached hydrogens (tertiary/aromatic N) is 5. The monoisotopic (exact) mass is 257 g/mol. The highest BCUT2D eigenvalue weighted by Crippen LogP contribution is 2.25. The molecule has 2 aromatic heterocycles. The van der Waals surface area contributed by atoms with Crippen molar-refractivity contribution < 1.29 is 4.92 Å². The molecule has 7 nitrogen and oxygen atoms in total. The van der Waals surface area contributed by atoms with Gasteiger partial charge in [0.05, 0.1) is 10.5 Å². The van der Waals surface area contributed by atoms with E-state index >= 15 is 0 Å². The molecule has 0 aromatic carbocycles. The van der Waals surface area contributed by atoms with Crippen LogP contribution in [-0.4, -0.2) is 19.7 Å². The number of aryl methyl sites for hydroxylation is 2. The molecule has 0 radical (unpaired) electrons. The van der Waals surface area contributed by atoms with Gasteiger partial charge in [-0.05, 0) is 32.9 Å². The topological polar surface area (TPSA) is 97.6 Å². The molecule has 0 fully saturated rings. The molecule has 0 saturated heterocycles. The number of nitro groups is 1. The molecule has 2 heterocycles. The second-order valence-corrected chi connectivity index (χ2v) is 4.12. The molecule has 0 aliphatic carbocycles. The maximum Gasteiger partial charge on any atom is 0.313 e. The van der Waals surface area contributed by atoms with Crippen molar-refractivity contribution in [3.8, 4) is 11.9 Å². The molecule has 96 valence electrons. The van der Waals surface area contributed by atoms with E-state index in [2.05, 4.69) is 10.1 Å². The van der Waals surface area contributed by atoms with Crippen LogP contribution in [0.15, 0.2) is 12.1 Å². The third-order valence-electron chi connectivity index (χ3n) is 2.77. The molecule has 0 aliphatic rings. The molecule has 0 amide bonds. The Kier molecular flexibility index (Phi) is 3.00. The zero-order valence-electron chi connectivity index (χ0n) is 10.7. The number of hydrogen-bond acceptors (Lipinski definition) is 5. The fourth-order valence-corrected chi connectivity index (χ4v) is 1.90. The highest BCUT2D eigenvalue weighted by atomic mass is 16.6. The fraction of sp³-hybridized carbons (Fsp3) is 0.250. The van der Waals surface area contributed by atoms with Crippen LogP contribution in [0.4, 0.5) is 5.69 Å². The zero-order chi connectivity index (χ0) is 14.2. The maximum absolute atomic E-state index is 11.0. The lowest BCUT2D eigenvalue weighted by atomic mass is 10.2. The normalized spacial score (nSPS) is 10.2. The van der Waals surface area contributed by atoms with Gasteiger partial charge in [-0.3, -0.25) is 10.1 Å². The number of hydrogen-bond donors (Lipinski definition) is 0. The van der Waals surface area contributed by atoms with Gasteiger partial charge in [-0.15, -0.1) is 0 Å². The van der Waals surface area contributed by atoms with Gasteiger partial charge >= 0.3 is 5.69 Å². The van der Waals surface area contributed by atoms with E-state index in [1.54, 1.807) is 32.9 Å². The van der Waals surface area contributed by atoms with Crippen molar-refractivity contribution in [2.24, 2.45) is 0 Å². The lowest BCUT2D eigenvalue weighted by Gasteiger charge is -2.05. The number of nitriles is 1. The summed E-state index contributed by atoms with van der Waals surface area (Å²) in [4.78, 5) is 14.7. The van der Waals surface area contributed by atoms with E-state index in [0.29, 0.717) is 28.5 Å². The van der Waals surface area contributed by atoms with Crippen molar-refractivity contribution in [1.82, 2.24) is 14.8 Å². The van der Waals surface area contributed by atoms with Crippen LogP contribution in [0.5, 0.6) is 0 Å². The first-order valence-electron chi connectivity index (χ1n) is 5.54. The summed E-state index contributed by atoms with van der Waals surface area (Å²) >= 11 is 0. The van der Waals surface area contributed by atoms with Gasteiger partial charge < -0.3 is 0 Å². The summed E-state index contributed by atoms with van der Waals surface area (Å²) in [7, 11) is 0. The Hall–Kier alpha value is -2.75. The quantitative estimate of drug-likeness (QED) is 0.605. The van der Waals surface area contributed by atoms with Crippen molar-refractivity contribution in [2.75, 3.05) is 0 Å². The van der Waals surface area contributed by atoms with E-state index in [1.165, 1.54) is 4.68 Å². The van der Waals surface area contributed by atoms with Crippen LogP contribution in [0.1, 0.15) is 22.6 Å². The first-order valence-corrected chi connectivity index (χ1v) is 5.54. The largest absolute Gasteiger partial charge is 0.313 e. The number of pyridine rings is 1. The van der Waals surface area contributed by atoms with Gasteiger partial charge in [0.1, 0.15) is 17.5 Å². The molecule has 0 bridgehead atoms. The minimum absolute atomic E-state index is 0.0489. The van der Waals surface area contributed by atoms with Gasteiger partial charge in [0, 0.05) is 5.69 Å². The van der Waals surface area contributed by atoms with Crippen molar-refractivity contribution in [1.29, 1.82) is 5.26 Å². The second kappa shape index (κ2) is 4.49. The van der Waals surface area contributed by atoms with Crippen LogP contribution < -0.4 is 0 Å². The molecule has 2 rings (SSSR count). The van der Waals surface area contributed by atoms with Crippen molar-refractivity contribution >= 4 is 5.69 Å². The third-order valence-corrected chi connectivity index (χ3v) is 2.77. The van der Waals surface area contributed by atoms with Crippen LogP contribution >= 0.6 is 0 Å². The van der Waals surface area contributed by atoms with E-state index in [0.717, 1.165) is 0 Å². The minimum Gasteiger partial charge on any atom is -0.258 e. The summed E-state index contributed by atoms with van der Waals surface area (Å²) in [6.45, 7) is 4.93. The predicted molar refractivity (Wildman–Crippen MR) is 66.9 cm³/mol. The van der Waals surface area contributed by atoms with Gasteiger partial charge in [-0.1, -0.05) is 0 Å². The van der Waals surface area contributed by atoms with Gasteiger partial charge in [0.25, 0.3) is 0 Å². The predicted octanol–water partition coefficient (Wildman–Crippen LogP) is 1.97.